The lowest BCUT2D eigenvalue weighted by Gasteiger charge is -2.15. The summed E-state index contributed by atoms with van der Waals surface area (Å²) in [5.74, 6) is 2.84. The van der Waals surface area contributed by atoms with Gasteiger partial charge in [0.2, 0.25) is 0 Å². The minimum atomic E-state index is 0.927. The highest BCUT2D eigenvalue weighted by Gasteiger charge is 2.34. The molecule has 3 atom stereocenters. The minimum Gasteiger partial charge on any atom is -0.0888 e. The zero-order chi connectivity index (χ0) is 8.39. The van der Waals surface area contributed by atoms with E-state index < -0.39 is 0 Å². The summed E-state index contributed by atoms with van der Waals surface area (Å²) >= 11 is 0. The van der Waals surface area contributed by atoms with Crippen LogP contribution in [0.4, 0.5) is 0 Å². The van der Waals surface area contributed by atoms with Crippen molar-refractivity contribution in [2.24, 2.45) is 17.8 Å². The molecule has 0 N–H and O–H groups in total. The van der Waals surface area contributed by atoms with Gasteiger partial charge < -0.3 is 0 Å². The van der Waals surface area contributed by atoms with Crippen LogP contribution in [0.3, 0.4) is 0 Å². The highest BCUT2D eigenvalue weighted by Crippen LogP contribution is 2.44. The van der Waals surface area contributed by atoms with E-state index in [1.807, 2.05) is 0 Å². The van der Waals surface area contributed by atoms with Gasteiger partial charge in [-0.2, -0.15) is 0 Å². The smallest absolute Gasteiger partial charge is 0.0196 e. The number of rotatable bonds is 3. The molecule has 0 nitrogen and oxygen atoms in total. The van der Waals surface area contributed by atoms with Crippen molar-refractivity contribution in [2.45, 2.75) is 32.6 Å². The summed E-state index contributed by atoms with van der Waals surface area (Å²) in [7, 11) is 0. The fourth-order valence-electron chi connectivity index (χ4n) is 2.60. The summed E-state index contributed by atoms with van der Waals surface area (Å²) in [6.07, 6.45) is 15.0. The molecule has 1 fully saturated rings. The van der Waals surface area contributed by atoms with E-state index in [0.717, 1.165) is 17.8 Å². The first kappa shape index (κ1) is 8.10. The van der Waals surface area contributed by atoms with Gasteiger partial charge >= 0.3 is 0 Å². The average molecular weight is 162 g/mol. The Morgan fingerprint density at radius 3 is 2.75 bits per heavy atom. The van der Waals surface area contributed by atoms with Gasteiger partial charge in [-0.05, 0) is 43.4 Å². The molecular formula is C12H18. The largest absolute Gasteiger partial charge is 0.0888 e. The first-order valence-electron chi connectivity index (χ1n) is 5.23. The lowest BCUT2D eigenvalue weighted by molar-refractivity contribution is 0.453. The van der Waals surface area contributed by atoms with Gasteiger partial charge in [-0.3, -0.25) is 0 Å². The van der Waals surface area contributed by atoms with Crippen LogP contribution in [0.15, 0.2) is 24.3 Å². The van der Waals surface area contributed by atoms with Gasteiger partial charge in [0.25, 0.3) is 0 Å². The van der Waals surface area contributed by atoms with Gasteiger partial charge in [0.1, 0.15) is 0 Å². The van der Waals surface area contributed by atoms with E-state index in [-0.39, 0.29) is 0 Å². The number of allylic oxidation sites excluding steroid dienone is 4. The van der Waals surface area contributed by atoms with Crippen molar-refractivity contribution in [3.8, 4) is 0 Å². The molecule has 0 aromatic carbocycles. The Morgan fingerprint density at radius 2 is 2.17 bits per heavy atom. The van der Waals surface area contributed by atoms with Crippen LogP contribution in [0, 0.1) is 17.8 Å². The Labute approximate surface area is 75.4 Å². The van der Waals surface area contributed by atoms with Crippen LogP contribution in [0.25, 0.3) is 0 Å². The van der Waals surface area contributed by atoms with Crippen molar-refractivity contribution in [2.75, 3.05) is 0 Å². The highest BCUT2D eigenvalue weighted by atomic mass is 14.4. The first-order chi connectivity index (χ1) is 5.90. The Bertz CT molecular complexity index is 200. The zero-order valence-corrected chi connectivity index (χ0v) is 7.87. The molecule has 2 aliphatic carbocycles. The summed E-state index contributed by atoms with van der Waals surface area (Å²) in [5, 5.41) is 0. The lowest BCUT2D eigenvalue weighted by atomic mass is 9.90. The molecule has 2 bridgehead atoms. The fourth-order valence-corrected chi connectivity index (χ4v) is 2.60. The zero-order valence-electron chi connectivity index (χ0n) is 7.87. The molecule has 0 heterocycles. The first-order valence-corrected chi connectivity index (χ1v) is 5.23. The number of fused-ring (bicyclic) bond motifs is 2. The molecule has 0 aromatic heterocycles. The SMILES string of the molecule is CC/C=C/CC1CC2C=CC1C2. The van der Waals surface area contributed by atoms with E-state index in [9.17, 15) is 0 Å². The topological polar surface area (TPSA) is 0 Å². The Hall–Kier alpha value is -0.520. The van der Waals surface area contributed by atoms with E-state index in [1.54, 1.807) is 0 Å². The molecular weight excluding hydrogens is 144 g/mol. The maximum absolute atomic E-state index is 2.44. The number of hydrogen-bond donors (Lipinski definition) is 0. The second kappa shape index (κ2) is 3.47. The summed E-state index contributed by atoms with van der Waals surface area (Å²) in [6, 6.07) is 0. The third-order valence-corrected chi connectivity index (χ3v) is 3.26. The van der Waals surface area contributed by atoms with E-state index in [0.29, 0.717) is 0 Å². The van der Waals surface area contributed by atoms with Crippen LogP contribution in [0.5, 0.6) is 0 Å². The van der Waals surface area contributed by atoms with Crippen LogP contribution in [0.2, 0.25) is 0 Å². The molecule has 0 spiro atoms. The van der Waals surface area contributed by atoms with E-state index in [1.165, 1.54) is 25.7 Å². The fraction of sp³-hybridized carbons (Fsp3) is 0.667. The molecule has 0 amide bonds. The van der Waals surface area contributed by atoms with Gasteiger partial charge in [0, 0.05) is 0 Å². The highest BCUT2D eigenvalue weighted by molar-refractivity contribution is 5.11. The van der Waals surface area contributed by atoms with Gasteiger partial charge in [0.05, 0.1) is 0 Å². The van der Waals surface area contributed by atoms with Crippen LogP contribution in [-0.2, 0) is 0 Å². The minimum absolute atomic E-state index is 0.927. The molecule has 3 unspecified atom stereocenters. The quantitative estimate of drug-likeness (QED) is 0.557. The van der Waals surface area contributed by atoms with Gasteiger partial charge in [-0.15, -0.1) is 0 Å². The van der Waals surface area contributed by atoms with E-state index in [2.05, 4.69) is 31.2 Å². The van der Waals surface area contributed by atoms with Crippen LogP contribution in [0.1, 0.15) is 32.6 Å². The molecule has 0 radical (unpaired) electrons. The molecule has 1 saturated carbocycles. The molecule has 0 saturated heterocycles. The van der Waals surface area contributed by atoms with Crippen molar-refractivity contribution in [3.05, 3.63) is 24.3 Å². The predicted molar refractivity (Wildman–Crippen MR) is 52.9 cm³/mol. The predicted octanol–water partition coefficient (Wildman–Crippen LogP) is 3.55. The monoisotopic (exact) mass is 162 g/mol. The Balaban J connectivity index is 1.83. The van der Waals surface area contributed by atoms with E-state index in [4.69, 9.17) is 0 Å². The van der Waals surface area contributed by atoms with E-state index >= 15 is 0 Å². The second-order valence-electron chi connectivity index (χ2n) is 4.16. The molecule has 0 aliphatic heterocycles. The molecule has 66 valence electrons. The van der Waals surface area contributed by atoms with Gasteiger partial charge in [-0.25, -0.2) is 0 Å². The Morgan fingerprint density at radius 1 is 1.25 bits per heavy atom. The van der Waals surface area contributed by atoms with Gasteiger partial charge in [-0.1, -0.05) is 31.2 Å². The van der Waals surface area contributed by atoms with Crippen LogP contribution in [-0.4, -0.2) is 0 Å². The molecule has 2 rings (SSSR count). The molecule has 2 aliphatic rings. The molecule has 12 heavy (non-hydrogen) atoms. The van der Waals surface area contributed by atoms with Crippen LogP contribution >= 0.6 is 0 Å². The lowest BCUT2D eigenvalue weighted by Crippen LogP contribution is -2.04. The summed E-state index contributed by atoms with van der Waals surface area (Å²) in [5.41, 5.74) is 0. The van der Waals surface area contributed by atoms with Crippen molar-refractivity contribution in [3.63, 3.8) is 0 Å². The summed E-state index contributed by atoms with van der Waals surface area (Å²) in [6.45, 7) is 2.21. The number of hydrogen-bond acceptors (Lipinski definition) is 0. The summed E-state index contributed by atoms with van der Waals surface area (Å²) < 4.78 is 0. The second-order valence-corrected chi connectivity index (χ2v) is 4.16. The van der Waals surface area contributed by atoms with Crippen molar-refractivity contribution < 1.29 is 0 Å². The third-order valence-electron chi connectivity index (χ3n) is 3.26. The molecule has 0 heteroatoms. The average Bonchev–Trinajstić information content (AvgIpc) is 2.65. The Kier molecular flexibility index (Phi) is 2.34. The standard InChI is InChI=1S/C12H18/c1-2-3-4-5-11-8-10-6-7-12(11)9-10/h3-4,6-7,10-12H,2,5,8-9H2,1H3/b4-3+. The van der Waals surface area contributed by atoms with Crippen molar-refractivity contribution >= 4 is 0 Å². The normalized spacial score (nSPS) is 38.6. The van der Waals surface area contributed by atoms with Crippen molar-refractivity contribution in [1.29, 1.82) is 0 Å². The van der Waals surface area contributed by atoms with Crippen LogP contribution < -0.4 is 0 Å². The molecule has 0 aromatic rings. The maximum atomic E-state index is 2.44. The maximum Gasteiger partial charge on any atom is -0.0196 e. The summed E-state index contributed by atoms with van der Waals surface area (Å²) in [4.78, 5) is 0. The third kappa shape index (κ3) is 1.48. The van der Waals surface area contributed by atoms with Gasteiger partial charge in [0.15, 0.2) is 0 Å². The van der Waals surface area contributed by atoms with Crippen molar-refractivity contribution in [1.82, 2.24) is 0 Å².